The van der Waals surface area contributed by atoms with Crippen LogP contribution in [0, 0.1) is 5.92 Å². The lowest BCUT2D eigenvalue weighted by atomic mass is 9.94. The molecular weight excluding hydrogens is 240 g/mol. The van der Waals surface area contributed by atoms with E-state index >= 15 is 0 Å². The lowest BCUT2D eigenvalue weighted by Gasteiger charge is -2.21. The Labute approximate surface area is 93.6 Å². The molecule has 1 aromatic rings. The molecule has 2 rings (SSSR count). The highest BCUT2D eigenvalue weighted by Crippen LogP contribution is 2.20. The molecule has 0 N–H and O–H groups in total. The number of benzene rings is 1. The second kappa shape index (κ2) is 4.94. The van der Waals surface area contributed by atoms with Gasteiger partial charge in [-0.05, 0) is 42.9 Å². The first-order chi connectivity index (χ1) is 6.84. The first-order valence-corrected chi connectivity index (χ1v) is 5.96. The molecule has 2 heteroatoms. The van der Waals surface area contributed by atoms with E-state index in [1.165, 1.54) is 22.9 Å². The summed E-state index contributed by atoms with van der Waals surface area (Å²) in [6.45, 7) is 1.89. The first-order valence-electron chi connectivity index (χ1n) is 5.17. The van der Waals surface area contributed by atoms with Crippen LogP contribution in [0.5, 0.6) is 0 Å². The molecule has 0 aromatic heterocycles. The van der Waals surface area contributed by atoms with Crippen LogP contribution in [0.4, 0.5) is 0 Å². The highest BCUT2D eigenvalue weighted by Gasteiger charge is 2.14. The van der Waals surface area contributed by atoms with Crippen molar-refractivity contribution in [1.29, 1.82) is 0 Å². The van der Waals surface area contributed by atoms with Gasteiger partial charge >= 0.3 is 0 Å². The summed E-state index contributed by atoms with van der Waals surface area (Å²) in [5, 5.41) is 0. The summed E-state index contributed by atoms with van der Waals surface area (Å²) < 4.78 is 6.65. The van der Waals surface area contributed by atoms with Gasteiger partial charge in [0.2, 0.25) is 0 Å². The molecule has 1 saturated heterocycles. The van der Waals surface area contributed by atoms with Crippen molar-refractivity contribution in [2.24, 2.45) is 5.92 Å². The van der Waals surface area contributed by atoms with Crippen LogP contribution in [0.3, 0.4) is 0 Å². The third-order valence-electron chi connectivity index (χ3n) is 2.67. The largest absolute Gasteiger partial charge is 0.381 e. The minimum absolute atomic E-state index is 0.720. The molecule has 14 heavy (non-hydrogen) atoms. The average molecular weight is 255 g/mol. The van der Waals surface area contributed by atoms with Gasteiger partial charge in [0.1, 0.15) is 0 Å². The molecule has 1 fully saturated rings. The number of rotatable bonds is 2. The first kappa shape index (κ1) is 10.2. The van der Waals surface area contributed by atoms with E-state index < -0.39 is 0 Å². The SMILES string of the molecule is Brc1cccc(CC2CCCOC2)c1. The maximum Gasteiger partial charge on any atom is 0.0497 e. The van der Waals surface area contributed by atoms with Crippen molar-refractivity contribution in [2.75, 3.05) is 13.2 Å². The fraction of sp³-hybridized carbons (Fsp3) is 0.500. The van der Waals surface area contributed by atoms with Crippen LogP contribution in [0.1, 0.15) is 18.4 Å². The predicted octanol–water partition coefficient (Wildman–Crippen LogP) is 3.42. The lowest BCUT2D eigenvalue weighted by Crippen LogP contribution is -2.19. The van der Waals surface area contributed by atoms with Crippen molar-refractivity contribution < 1.29 is 4.74 Å². The standard InChI is InChI=1S/C12H15BrO/c13-12-5-1-3-10(8-12)7-11-4-2-6-14-9-11/h1,3,5,8,11H,2,4,6-7,9H2. The van der Waals surface area contributed by atoms with Crippen molar-refractivity contribution in [2.45, 2.75) is 19.3 Å². The van der Waals surface area contributed by atoms with Gasteiger partial charge in [0, 0.05) is 17.7 Å². The van der Waals surface area contributed by atoms with Gasteiger partial charge in [0.25, 0.3) is 0 Å². The van der Waals surface area contributed by atoms with Crippen LogP contribution < -0.4 is 0 Å². The molecule has 0 spiro atoms. The molecule has 0 aliphatic carbocycles. The maximum atomic E-state index is 5.47. The number of hydrogen-bond acceptors (Lipinski definition) is 1. The highest BCUT2D eigenvalue weighted by atomic mass is 79.9. The Bertz CT molecular complexity index is 292. The minimum atomic E-state index is 0.720. The molecule has 1 nitrogen and oxygen atoms in total. The Kier molecular flexibility index (Phi) is 3.60. The second-order valence-electron chi connectivity index (χ2n) is 3.92. The fourth-order valence-electron chi connectivity index (χ4n) is 1.97. The zero-order chi connectivity index (χ0) is 9.80. The monoisotopic (exact) mass is 254 g/mol. The number of ether oxygens (including phenoxy) is 1. The van der Waals surface area contributed by atoms with Crippen LogP contribution >= 0.6 is 15.9 Å². The summed E-state index contributed by atoms with van der Waals surface area (Å²) in [5.74, 6) is 0.720. The van der Waals surface area contributed by atoms with Crippen LogP contribution in [0.15, 0.2) is 28.7 Å². The van der Waals surface area contributed by atoms with E-state index in [0.29, 0.717) is 0 Å². The summed E-state index contributed by atoms with van der Waals surface area (Å²) in [7, 11) is 0. The van der Waals surface area contributed by atoms with Gasteiger partial charge in [-0.1, -0.05) is 28.1 Å². The molecular formula is C12H15BrO. The van der Waals surface area contributed by atoms with Crippen molar-refractivity contribution in [3.05, 3.63) is 34.3 Å². The van der Waals surface area contributed by atoms with Crippen LogP contribution in [0.2, 0.25) is 0 Å². The zero-order valence-electron chi connectivity index (χ0n) is 8.21. The average Bonchev–Trinajstić information content (AvgIpc) is 2.19. The van der Waals surface area contributed by atoms with E-state index in [2.05, 4.69) is 40.2 Å². The molecule has 1 aromatic carbocycles. The topological polar surface area (TPSA) is 9.23 Å². The van der Waals surface area contributed by atoms with Gasteiger partial charge in [-0.3, -0.25) is 0 Å². The smallest absolute Gasteiger partial charge is 0.0497 e. The van der Waals surface area contributed by atoms with Gasteiger partial charge in [0.15, 0.2) is 0 Å². The zero-order valence-corrected chi connectivity index (χ0v) is 9.79. The summed E-state index contributed by atoms with van der Waals surface area (Å²) in [4.78, 5) is 0. The second-order valence-corrected chi connectivity index (χ2v) is 4.83. The molecule has 1 aliphatic rings. The minimum Gasteiger partial charge on any atom is -0.381 e. The number of halogens is 1. The van der Waals surface area contributed by atoms with Gasteiger partial charge in [-0.25, -0.2) is 0 Å². The third-order valence-corrected chi connectivity index (χ3v) is 3.16. The van der Waals surface area contributed by atoms with Crippen molar-refractivity contribution in [3.8, 4) is 0 Å². The molecule has 0 amide bonds. The van der Waals surface area contributed by atoms with Crippen LogP contribution in [-0.2, 0) is 11.2 Å². The Morgan fingerprint density at radius 2 is 2.36 bits per heavy atom. The Morgan fingerprint density at radius 3 is 3.07 bits per heavy atom. The molecule has 1 heterocycles. The molecule has 1 atom stereocenters. The quantitative estimate of drug-likeness (QED) is 0.786. The molecule has 76 valence electrons. The number of hydrogen-bond donors (Lipinski definition) is 0. The Balaban J connectivity index is 1.95. The maximum absolute atomic E-state index is 5.47. The molecule has 1 aliphatic heterocycles. The third kappa shape index (κ3) is 2.82. The van der Waals surface area contributed by atoms with Gasteiger partial charge in [0.05, 0.1) is 0 Å². The summed E-state index contributed by atoms with van der Waals surface area (Å²) in [5.41, 5.74) is 1.41. The predicted molar refractivity (Wildman–Crippen MR) is 61.4 cm³/mol. The molecule has 0 bridgehead atoms. The van der Waals surface area contributed by atoms with Crippen molar-refractivity contribution in [1.82, 2.24) is 0 Å². The van der Waals surface area contributed by atoms with E-state index in [0.717, 1.165) is 25.6 Å². The van der Waals surface area contributed by atoms with Crippen molar-refractivity contribution in [3.63, 3.8) is 0 Å². The summed E-state index contributed by atoms with van der Waals surface area (Å²) >= 11 is 3.50. The van der Waals surface area contributed by atoms with E-state index in [1.807, 2.05) is 0 Å². The lowest BCUT2D eigenvalue weighted by molar-refractivity contribution is 0.0550. The Hall–Kier alpha value is -0.340. The van der Waals surface area contributed by atoms with E-state index in [-0.39, 0.29) is 0 Å². The summed E-state index contributed by atoms with van der Waals surface area (Å²) in [6, 6.07) is 8.57. The van der Waals surface area contributed by atoms with E-state index in [1.54, 1.807) is 0 Å². The van der Waals surface area contributed by atoms with Gasteiger partial charge in [-0.15, -0.1) is 0 Å². The van der Waals surface area contributed by atoms with Crippen molar-refractivity contribution >= 4 is 15.9 Å². The highest BCUT2D eigenvalue weighted by molar-refractivity contribution is 9.10. The normalized spacial score (nSPS) is 22.2. The van der Waals surface area contributed by atoms with Crippen LogP contribution in [0.25, 0.3) is 0 Å². The Morgan fingerprint density at radius 1 is 1.43 bits per heavy atom. The fourth-order valence-corrected chi connectivity index (χ4v) is 2.41. The summed E-state index contributed by atoms with van der Waals surface area (Å²) in [6.07, 6.45) is 3.69. The van der Waals surface area contributed by atoms with E-state index in [4.69, 9.17) is 4.74 Å². The van der Waals surface area contributed by atoms with E-state index in [9.17, 15) is 0 Å². The van der Waals surface area contributed by atoms with Crippen LogP contribution in [-0.4, -0.2) is 13.2 Å². The van der Waals surface area contributed by atoms with Gasteiger partial charge < -0.3 is 4.74 Å². The molecule has 1 unspecified atom stereocenters. The molecule has 0 saturated carbocycles. The molecule has 0 radical (unpaired) electrons. The van der Waals surface area contributed by atoms with Gasteiger partial charge in [-0.2, -0.15) is 0 Å².